The molecular formula is C15H22ClFN2S. The topological polar surface area (TPSA) is 38.0 Å². The maximum Gasteiger partial charge on any atom is 0.126 e. The van der Waals surface area contributed by atoms with Crippen LogP contribution in [0.5, 0.6) is 0 Å². The third-order valence-corrected chi connectivity index (χ3v) is 5.57. The number of rotatable bonds is 6. The molecule has 1 aliphatic carbocycles. The van der Waals surface area contributed by atoms with Gasteiger partial charge in [0, 0.05) is 22.1 Å². The van der Waals surface area contributed by atoms with Gasteiger partial charge in [0.25, 0.3) is 0 Å². The van der Waals surface area contributed by atoms with Crippen molar-refractivity contribution in [3.63, 3.8) is 0 Å². The lowest BCUT2D eigenvalue weighted by Crippen LogP contribution is -2.39. The molecular weight excluding hydrogens is 295 g/mol. The van der Waals surface area contributed by atoms with Crippen LogP contribution in [0.2, 0.25) is 5.02 Å². The summed E-state index contributed by atoms with van der Waals surface area (Å²) >= 11 is 7.88. The van der Waals surface area contributed by atoms with Crippen LogP contribution in [-0.4, -0.2) is 17.0 Å². The molecule has 3 N–H and O–H groups in total. The van der Waals surface area contributed by atoms with E-state index in [9.17, 15) is 4.39 Å². The summed E-state index contributed by atoms with van der Waals surface area (Å²) in [6, 6.07) is 4.75. The second-order valence-corrected chi connectivity index (χ2v) is 7.17. The van der Waals surface area contributed by atoms with E-state index in [0.717, 1.165) is 11.0 Å². The van der Waals surface area contributed by atoms with Crippen LogP contribution in [-0.2, 0) is 6.42 Å². The SMILES string of the molecule is NNC(CSC1CCCCC1)Cc1cc(Cl)ccc1F. The van der Waals surface area contributed by atoms with Crippen LogP contribution in [0.25, 0.3) is 0 Å². The lowest BCUT2D eigenvalue weighted by Gasteiger charge is -2.24. The van der Waals surface area contributed by atoms with Gasteiger partial charge < -0.3 is 0 Å². The van der Waals surface area contributed by atoms with E-state index in [1.807, 2.05) is 11.8 Å². The molecule has 2 nitrogen and oxygen atoms in total. The molecule has 0 saturated heterocycles. The smallest absolute Gasteiger partial charge is 0.126 e. The molecule has 20 heavy (non-hydrogen) atoms. The lowest BCUT2D eigenvalue weighted by atomic mass is 10.0. The number of hydrazine groups is 1. The summed E-state index contributed by atoms with van der Waals surface area (Å²) in [5.74, 6) is 6.30. The maximum atomic E-state index is 13.7. The molecule has 0 aromatic heterocycles. The second-order valence-electron chi connectivity index (χ2n) is 5.40. The normalized spacial score (nSPS) is 18.1. The largest absolute Gasteiger partial charge is 0.271 e. The number of nitrogens with two attached hydrogens (primary N) is 1. The highest BCUT2D eigenvalue weighted by Gasteiger charge is 2.17. The van der Waals surface area contributed by atoms with Crippen LogP contribution in [0.4, 0.5) is 4.39 Å². The number of hydrogen-bond donors (Lipinski definition) is 2. The molecule has 1 aliphatic rings. The third-order valence-electron chi connectivity index (χ3n) is 3.80. The second kappa shape index (κ2) is 8.23. The van der Waals surface area contributed by atoms with Crippen LogP contribution in [0, 0.1) is 5.82 Å². The average Bonchev–Trinajstić information content (AvgIpc) is 2.48. The fraction of sp³-hybridized carbons (Fsp3) is 0.600. The Morgan fingerprint density at radius 1 is 1.35 bits per heavy atom. The first-order valence-electron chi connectivity index (χ1n) is 7.20. The van der Waals surface area contributed by atoms with Crippen molar-refractivity contribution in [2.75, 3.05) is 5.75 Å². The van der Waals surface area contributed by atoms with E-state index in [-0.39, 0.29) is 11.9 Å². The van der Waals surface area contributed by atoms with Gasteiger partial charge in [0.15, 0.2) is 0 Å². The van der Waals surface area contributed by atoms with Gasteiger partial charge in [0.05, 0.1) is 0 Å². The molecule has 0 heterocycles. The van der Waals surface area contributed by atoms with E-state index in [1.54, 1.807) is 12.1 Å². The fourth-order valence-electron chi connectivity index (χ4n) is 2.62. The number of nitrogens with one attached hydrogen (secondary N) is 1. The Bertz CT molecular complexity index is 424. The van der Waals surface area contributed by atoms with Gasteiger partial charge >= 0.3 is 0 Å². The van der Waals surface area contributed by atoms with E-state index in [2.05, 4.69) is 5.43 Å². The third kappa shape index (κ3) is 4.92. The predicted octanol–water partition coefficient (Wildman–Crippen LogP) is 3.92. The zero-order chi connectivity index (χ0) is 14.4. The van der Waals surface area contributed by atoms with Crippen LogP contribution >= 0.6 is 23.4 Å². The molecule has 5 heteroatoms. The molecule has 0 radical (unpaired) electrons. The molecule has 112 valence electrons. The van der Waals surface area contributed by atoms with Crippen molar-refractivity contribution in [3.8, 4) is 0 Å². The fourth-order valence-corrected chi connectivity index (χ4v) is 4.20. The number of thioether (sulfide) groups is 1. The molecule has 0 bridgehead atoms. The molecule has 0 aliphatic heterocycles. The van der Waals surface area contributed by atoms with Crippen molar-refractivity contribution in [1.29, 1.82) is 0 Å². The number of hydrogen-bond acceptors (Lipinski definition) is 3. The Labute approximate surface area is 129 Å². The standard InChI is InChI=1S/C15H22ClFN2S/c16-12-6-7-15(17)11(8-12)9-13(19-18)10-20-14-4-2-1-3-5-14/h6-8,13-14,19H,1-5,9-10,18H2. The minimum Gasteiger partial charge on any atom is -0.271 e. The quantitative estimate of drug-likeness (QED) is 0.617. The minimum atomic E-state index is -0.211. The van der Waals surface area contributed by atoms with Gasteiger partial charge in [-0.1, -0.05) is 30.9 Å². The molecule has 1 saturated carbocycles. The summed E-state index contributed by atoms with van der Waals surface area (Å²) in [7, 11) is 0. The number of halogens is 2. The van der Waals surface area contributed by atoms with E-state index in [1.165, 1.54) is 38.2 Å². The van der Waals surface area contributed by atoms with Crippen LogP contribution < -0.4 is 11.3 Å². The van der Waals surface area contributed by atoms with Crippen LogP contribution in [0.15, 0.2) is 18.2 Å². The van der Waals surface area contributed by atoms with Crippen LogP contribution in [0.3, 0.4) is 0 Å². The molecule has 1 fully saturated rings. The molecule has 1 atom stereocenters. The molecule has 2 rings (SSSR count). The van der Waals surface area contributed by atoms with E-state index in [4.69, 9.17) is 17.4 Å². The Kier molecular flexibility index (Phi) is 6.62. The Morgan fingerprint density at radius 2 is 2.10 bits per heavy atom. The van der Waals surface area contributed by atoms with Crippen molar-refractivity contribution in [2.45, 2.75) is 49.8 Å². The van der Waals surface area contributed by atoms with Crippen molar-refractivity contribution < 1.29 is 4.39 Å². The van der Waals surface area contributed by atoms with Crippen LogP contribution in [0.1, 0.15) is 37.7 Å². The van der Waals surface area contributed by atoms with Crippen molar-refractivity contribution >= 4 is 23.4 Å². The molecule has 0 spiro atoms. The van der Waals surface area contributed by atoms with Gasteiger partial charge in [0.2, 0.25) is 0 Å². The highest BCUT2D eigenvalue weighted by atomic mass is 35.5. The van der Waals surface area contributed by atoms with Gasteiger partial charge in [-0.3, -0.25) is 11.3 Å². The summed E-state index contributed by atoms with van der Waals surface area (Å²) in [4.78, 5) is 0. The summed E-state index contributed by atoms with van der Waals surface area (Å²) in [5, 5.41) is 1.31. The molecule has 0 amide bonds. The van der Waals surface area contributed by atoms with Crippen molar-refractivity contribution in [3.05, 3.63) is 34.6 Å². The maximum absolute atomic E-state index is 13.7. The summed E-state index contributed by atoms with van der Waals surface area (Å²) in [6.45, 7) is 0. The monoisotopic (exact) mass is 316 g/mol. The predicted molar refractivity (Wildman–Crippen MR) is 85.6 cm³/mol. The first-order chi connectivity index (χ1) is 9.69. The summed E-state index contributed by atoms with van der Waals surface area (Å²) < 4.78 is 13.7. The zero-order valence-electron chi connectivity index (χ0n) is 11.6. The minimum absolute atomic E-state index is 0.0786. The summed E-state index contributed by atoms with van der Waals surface area (Å²) in [5.41, 5.74) is 3.44. The first-order valence-corrected chi connectivity index (χ1v) is 8.63. The molecule has 1 aromatic carbocycles. The Balaban J connectivity index is 1.86. The van der Waals surface area contributed by atoms with E-state index in [0.29, 0.717) is 17.0 Å². The summed E-state index contributed by atoms with van der Waals surface area (Å²) in [6.07, 6.45) is 7.20. The van der Waals surface area contributed by atoms with Crippen molar-refractivity contribution in [2.24, 2.45) is 5.84 Å². The van der Waals surface area contributed by atoms with E-state index < -0.39 is 0 Å². The number of benzene rings is 1. The van der Waals surface area contributed by atoms with E-state index >= 15 is 0 Å². The molecule has 1 unspecified atom stereocenters. The zero-order valence-corrected chi connectivity index (χ0v) is 13.2. The average molecular weight is 317 g/mol. The Hall–Kier alpha value is -0.290. The van der Waals surface area contributed by atoms with Gasteiger partial charge in [-0.15, -0.1) is 0 Å². The first kappa shape index (κ1) is 16.1. The lowest BCUT2D eigenvalue weighted by molar-refractivity contribution is 0.511. The highest BCUT2D eigenvalue weighted by molar-refractivity contribution is 7.99. The highest BCUT2D eigenvalue weighted by Crippen LogP contribution is 2.29. The van der Waals surface area contributed by atoms with Gasteiger partial charge in [-0.2, -0.15) is 11.8 Å². The Morgan fingerprint density at radius 3 is 2.80 bits per heavy atom. The van der Waals surface area contributed by atoms with Gasteiger partial charge in [-0.05, 0) is 43.0 Å². The molecule has 1 aromatic rings. The van der Waals surface area contributed by atoms with Gasteiger partial charge in [-0.25, -0.2) is 4.39 Å². The van der Waals surface area contributed by atoms with Crippen molar-refractivity contribution in [1.82, 2.24) is 5.43 Å². The van der Waals surface area contributed by atoms with Gasteiger partial charge in [0.1, 0.15) is 5.82 Å².